The number of amides is 1. The van der Waals surface area contributed by atoms with E-state index in [1.54, 1.807) is 0 Å². The summed E-state index contributed by atoms with van der Waals surface area (Å²) in [6, 6.07) is 7.67. The van der Waals surface area contributed by atoms with Gasteiger partial charge in [0.15, 0.2) is 0 Å². The van der Waals surface area contributed by atoms with Gasteiger partial charge in [-0.2, -0.15) is 0 Å². The van der Waals surface area contributed by atoms with Gasteiger partial charge in [-0.15, -0.1) is 0 Å². The van der Waals surface area contributed by atoms with Crippen molar-refractivity contribution in [3.8, 4) is 5.75 Å². The van der Waals surface area contributed by atoms with Crippen LogP contribution in [0, 0.1) is 17.0 Å². The Hall–Kier alpha value is -3.42. The number of phenols is 1. The number of hydrogen-bond acceptors (Lipinski definition) is 5. The number of anilines is 1. The number of carboxylic acids is 1. The number of nitrogens with zero attached hydrogens (tertiary/aromatic N) is 1. The van der Waals surface area contributed by atoms with E-state index in [1.807, 2.05) is 0 Å². The predicted octanol–water partition coefficient (Wildman–Crippen LogP) is 2.56. The number of carbonyl (C=O) groups is 2. The van der Waals surface area contributed by atoms with Gasteiger partial charge in [0, 0.05) is 28.9 Å². The first-order valence-corrected chi connectivity index (χ1v) is 6.43. The summed E-state index contributed by atoms with van der Waals surface area (Å²) in [5.74, 6) is -2.39. The summed E-state index contributed by atoms with van der Waals surface area (Å²) in [7, 11) is 0. The number of rotatable bonds is 4. The maximum Gasteiger partial charge on any atom is 0.339 e. The maximum atomic E-state index is 12.2. The minimum atomic E-state index is -1.30. The van der Waals surface area contributed by atoms with Gasteiger partial charge in [0.2, 0.25) is 0 Å². The maximum absolute atomic E-state index is 12.2. The third kappa shape index (κ3) is 3.26. The predicted molar refractivity (Wildman–Crippen MR) is 80.9 cm³/mol. The van der Waals surface area contributed by atoms with Crippen LogP contribution < -0.4 is 5.32 Å². The number of carbonyl (C=O) groups excluding carboxylic acids is 1. The molecule has 0 radical (unpaired) electrons. The summed E-state index contributed by atoms with van der Waals surface area (Å²) in [6.45, 7) is 1.46. The zero-order valence-corrected chi connectivity index (χ0v) is 11.9. The molecule has 2 aromatic rings. The quantitative estimate of drug-likeness (QED) is 0.587. The van der Waals surface area contributed by atoms with Crippen molar-refractivity contribution in [2.45, 2.75) is 6.92 Å². The highest BCUT2D eigenvalue weighted by Crippen LogP contribution is 2.24. The van der Waals surface area contributed by atoms with Crippen molar-refractivity contribution in [1.82, 2.24) is 0 Å². The van der Waals surface area contributed by atoms with Crippen molar-refractivity contribution in [3.05, 3.63) is 63.2 Å². The van der Waals surface area contributed by atoms with Gasteiger partial charge in [0.05, 0.1) is 4.92 Å². The van der Waals surface area contributed by atoms with Crippen molar-refractivity contribution in [1.29, 1.82) is 0 Å². The standard InChI is InChI=1S/C15H12N2O6/c1-8-10(3-2-4-12(8)17(22)23)14(19)16-9-5-6-11(15(20)21)13(18)7-9/h2-7,18H,1H3,(H,16,19)(H,20,21). The van der Waals surface area contributed by atoms with E-state index in [1.165, 1.54) is 31.2 Å². The number of aromatic carboxylic acids is 1. The van der Waals surface area contributed by atoms with Gasteiger partial charge in [0.25, 0.3) is 11.6 Å². The number of nitro benzene ring substituents is 1. The third-order valence-electron chi connectivity index (χ3n) is 3.23. The minimum absolute atomic E-state index is 0.112. The van der Waals surface area contributed by atoms with E-state index in [9.17, 15) is 24.8 Å². The Kier molecular flexibility index (Phi) is 4.26. The van der Waals surface area contributed by atoms with Crippen LogP contribution in [0.3, 0.4) is 0 Å². The molecule has 0 atom stereocenters. The average molecular weight is 316 g/mol. The fraction of sp³-hybridized carbons (Fsp3) is 0.0667. The molecule has 1 amide bonds. The molecule has 0 aromatic heterocycles. The molecule has 0 heterocycles. The van der Waals surface area contributed by atoms with Crippen molar-refractivity contribution in [2.24, 2.45) is 0 Å². The van der Waals surface area contributed by atoms with Crippen LogP contribution in [-0.2, 0) is 0 Å². The molecular formula is C15H12N2O6. The van der Waals surface area contributed by atoms with Crippen LogP contribution in [0.2, 0.25) is 0 Å². The lowest BCUT2D eigenvalue weighted by Crippen LogP contribution is -2.14. The molecule has 0 fully saturated rings. The zero-order valence-electron chi connectivity index (χ0n) is 11.9. The van der Waals surface area contributed by atoms with Crippen molar-refractivity contribution in [3.63, 3.8) is 0 Å². The highest BCUT2D eigenvalue weighted by molar-refractivity contribution is 6.06. The third-order valence-corrected chi connectivity index (χ3v) is 3.23. The number of nitro groups is 1. The van der Waals surface area contributed by atoms with Crippen LogP contribution in [0.25, 0.3) is 0 Å². The summed E-state index contributed by atoms with van der Waals surface area (Å²) < 4.78 is 0. The normalized spacial score (nSPS) is 10.1. The second-order valence-electron chi connectivity index (χ2n) is 4.70. The molecule has 23 heavy (non-hydrogen) atoms. The van der Waals surface area contributed by atoms with E-state index in [2.05, 4.69) is 5.32 Å². The first kappa shape index (κ1) is 16.0. The lowest BCUT2D eigenvalue weighted by molar-refractivity contribution is -0.385. The van der Waals surface area contributed by atoms with Gasteiger partial charge >= 0.3 is 5.97 Å². The van der Waals surface area contributed by atoms with E-state index in [0.29, 0.717) is 0 Å². The fourth-order valence-corrected chi connectivity index (χ4v) is 2.06. The Balaban J connectivity index is 2.30. The monoisotopic (exact) mass is 316 g/mol. The molecule has 0 unspecified atom stereocenters. The molecule has 0 aliphatic carbocycles. The summed E-state index contributed by atoms with van der Waals surface area (Å²) in [5.41, 5.74) is 0.0158. The Labute approximate surface area is 130 Å². The SMILES string of the molecule is Cc1c(C(=O)Nc2ccc(C(=O)O)c(O)c2)cccc1[N+](=O)[O-]. The van der Waals surface area contributed by atoms with Crippen molar-refractivity contribution < 1.29 is 24.7 Å². The number of carboxylic acid groups (broad SMARTS) is 1. The number of benzene rings is 2. The number of hydrogen-bond donors (Lipinski definition) is 3. The lowest BCUT2D eigenvalue weighted by atomic mass is 10.1. The molecule has 0 aliphatic heterocycles. The van der Waals surface area contributed by atoms with Crippen LogP contribution in [-0.4, -0.2) is 27.0 Å². The molecule has 0 spiro atoms. The second-order valence-corrected chi connectivity index (χ2v) is 4.70. The Bertz CT molecular complexity index is 816. The molecule has 0 saturated heterocycles. The Morgan fingerprint density at radius 1 is 1.17 bits per heavy atom. The van der Waals surface area contributed by atoms with Crippen LogP contribution in [0.5, 0.6) is 5.75 Å². The van der Waals surface area contributed by atoms with Gasteiger partial charge < -0.3 is 15.5 Å². The van der Waals surface area contributed by atoms with Gasteiger partial charge in [-0.3, -0.25) is 14.9 Å². The number of aromatic hydroxyl groups is 1. The average Bonchev–Trinajstić information content (AvgIpc) is 2.46. The lowest BCUT2D eigenvalue weighted by Gasteiger charge is -2.09. The molecule has 2 rings (SSSR count). The largest absolute Gasteiger partial charge is 0.507 e. The van der Waals surface area contributed by atoms with Crippen molar-refractivity contribution in [2.75, 3.05) is 5.32 Å². The Morgan fingerprint density at radius 2 is 1.87 bits per heavy atom. The van der Waals surface area contributed by atoms with Gasteiger partial charge in [-0.1, -0.05) is 6.07 Å². The van der Waals surface area contributed by atoms with Crippen LogP contribution in [0.15, 0.2) is 36.4 Å². The summed E-state index contributed by atoms with van der Waals surface area (Å²) in [5, 5.41) is 31.8. The van der Waals surface area contributed by atoms with E-state index >= 15 is 0 Å². The molecule has 3 N–H and O–H groups in total. The summed E-state index contributed by atoms with van der Waals surface area (Å²) >= 11 is 0. The van der Waals surface area contributed by atoms with Gasteiger partial charge in [-0.25, -0.2) is 4.79 Å². The van der Waals surface area contributed by atoms with Crippen molar-refractivity contribution >= 4 is 23.3 Å². The zero-order chi connectivity index (χ0) is 17.1. The first-order valence-electron chi connectivity index (χ1n) is 6.43. The molecule has 8 nitrogen and oxygen atoms in total. The van der Waals surface area contributed by atoms with E-state index in [4.69, 9.17) is 5.11 Å². The van der Waals surface area contributed by atoms with Crippen LogP contribution in [0.1, 0.15) is 26.3 Å². The minimum Gasteiger partial charge on any atom is -0.507 e. The first-order chi connectivity index (χ1) is 10.8. The van der Waals surface area contributed by atoms with Gasteiger partial charge in [0.1, 0.15) is 11.3 Å². The molecule has 0 saturated carbocycles. The van der Waals surface area contributed by atoms with Crippen LogP contribution >= 0.6 is 0 Å². The smallest absolute Gasteiger partial charge is 0.339 e. The van der Waals surface area contributed by atoms with E-state index in [-0.39, 0.29) is 28.1 Å². The van der Waals surface area contributed by atoms with E-state index < -0.39 is 22.5 Å². The van der Waals surface area contributed by atoms with E-state index in [0.717, 1.165) is 12.1 Å². The fourth-order valence-electron chi connectivity index (χ4n) is 2.06. The highest BCUT2D eigenvalue weighted by Gasteiger charge is 2.18. The highest BCUT2D eigenvalue weighted by atomic mass is 16.6. The van der Waals surface area contributed by atoms with Crippen LogP contribution in [0.4, 0.5) is 11.4 Å². The summed E-state index contributed by atoms with van der Waals surface area (Å²) in [6.07, 6.45) is 0. The molecular weight excluding hydrogens is 304 g/mol. The second kappa shape index (κ2) is 6.14. The topological polar surface area (TPSA) is 130 Å². The van der Waals surface area contributed by atoms with Gasteiger partial charge in [-0.05, 0) is 25.1 Å². The molecule has 8 heteroatoms. The number of nitrogens with one attached hydrogen (secondary N) is 1. The summed E-state index contributed by atoms with van der Waals surface area (Å²) in [4.78, 5) is 33.3. The molecule has 118 valence electrons. The Morgan fingerprint density at radius 3 is 2.43 bits per heavy atom. The molecule has 0 bridgehead atoms. The molecule has 0 aliphatic rings. The molecule has 2 aromatic carbocycles.